The second-order valence-electron chi connectivity index (χ2n) is 4.57. The van der Waals surface area contributed by atoms with E-state index in [1.165, 1.54) is 12.3 Å². The molecule has 1 aromatic heterocycles. The van der Waals surface area contributed by atoms with Crippen LogP contribution in [0.5, 0.6) is 11.5 Å². The molecule has 0 radical (unpaired) electrons. The Labute approximate surface area is 132 Å². The lowest BCUT2D eigenvalue weighted by atomic mass is 10.2. The molecule has 0 spiro atoms. The van der Waals surface area contributed by atoms with Crippen LogP contribution in [0.25, 0.3) is 0 Å². The van der Waals surface area contributed by atoms with E-state index in [1.54, 1.807) is 31.2 Å². The van der Waals surface area contributed by atoms with E-state index in [2.05, 4.69) is 15.5 Å². The van der Waals surface area contributed by atoms with E-state index in [0.29, 0.717) is 23.6 Å². The van der Waals surface area contributed by atoms with E-state index >= 15 is 0 Å². The Hall–Kier alpha value is -3.16. The summed E-state index contributed by atoms with van der Waals surface area (Å²) in [5.41, 5.74) is 3.38. The first kappa shape index (κ1) is 16.2. The summed E-state index contributed by atoms with van der Waals surface area (Å²) in [5.74, 6) is 0.328. The van der Waals surface area contributed by atoms with Gasteiger partial charge in [0.2, 0.25) is 5.82 Å². The van der Waals surface area contributed by atoms with Gasteiger partial charge in [-0.25, -0.2) is 4.98 Å². The minimum atomic E-state index is -0.544. The van der Waals surface area contributed by atoms with Crippen molar-refractivity contribution in [1.82, 2.24) is 4.98 Å². The first-order valence-electron chi connectivity index (χ1n) is 6.88. The van der Waals surface area contributed by atoms with Crippen molar-refractivity contribution in [1.29, 1.82) is 0 Å². The topological polar surface area (TPSA) is 110 Å². The van der Waals surface area contributed by atoms with Gasteiger partial charge in [0.05, 0.1) is 17.7 Å². The van der Waals surface area contributed by atoms with Crippen LogP contribution in [0.1, 0.15) is 18.2 Å². The lowest BCUT2D eigenvalue weighted by Gasteiger charge is -2.07. The zero-order valence-electron chi connectivity index (χ0n) is 12.7. The van der Waals surface area contributed by atoms with Crippen molar-refractivity contribution >= 4 is 17.7 Å². The van der Waals surface area contributed by atoms with Crippen molar-refractivity contribution in [3.05, 3.63) is 51.7 Å². The number of hydrogen-bond donors (Lipinski definition) is 2. The van der Waals surface area contributed by atoms with E-state index < -0.39 is 4.92 Å². The van der Waals surface area contributed by atoms with Gasteiger partial charge in [0, 0.05) is 17.3 Å². The largest absolute Gasteiger partial charge is 0.504 e. The highest BCUT2D eigenvalue weighted by Crippen LogP contribution is 2.28. The molecule has 0 bridgehead atoms. The number of rotatable bonds is 6. The van der Waals surface area contributed by atoms with E-state index in [4.69, 9.17) is 4.74 Å². The molecule has 1 aromatic carbocycles. The number of hydrazone groups is 1. The molecule has 0 aliphatic heterocycles. The smallest absolute Gasteiger partial charge is 0.313 e. The summed E-state index contributed by atoms with van der Waals surface area (Å²) < 4.78 is 5.27. The van der Waals surface area contributed by atoms with Gasteiger partial charge in [-0.05, 0) is 32.0 Å². The molecule has 8 heteroatoms. The highest BCUT2D eigenvalue weighted by Gasteiger charge is 2.14. The molecule has 0 saturated carbocycles. The van der Waals surface area contributed by atoms with Gasteiger partial charge in [-0.2, -0.15) is 5.10 Å². The summed E-state index contributed by atoms with van der Waals surface area (Å²) >= 11 is 0. The number of nitrogens with one attached hydrogen (secondary N) is 1. The lowest BCUT2D eigenvalue weighted by Crippen LogP contribution is -2.01. The van der Waals surface area contributed by atoms with Crippen LogP contribution < -0.4 is 10.2 Å². The maximum atomic E-state index is 11.0. The Morgan fingerprint density at radius 2 is 2.22 bits per heavy atom. The van der Waals surface area contributed by atoms with Crippen LogP contribution >= 0.6 is 0 Å². The van der Waals surface area contributed by atoms with Crippen molar-refractivity contribution in [2.24, 2.45) is 5.10 Å². The van der Waals surface area contributed by atoms with Gasteiger partial charge in [0.15, 0.2) is 11.5 Å². The summed E-state index contributed by atoms with van der Waals surface area (Å²) in [6.07, 6.45) is 1.34. The minimum Gasteiger partial charge on any atom is -0.504 e. The molecule has 0 aliphatic carbocycles. The van der Waals surface area contributed by atoms with Gasteiger partial charge >= 0.3 is 5.69 Å². The highest BCUT2D eigenvalue weighted by atomic mass is 16.6. The van der Waals surface area contributed by atoms with Gasteiger partial charge in [0.1, 0.15) is 0 Å². The average molecular weight is 316 g/mol. The number of hydrogen-bond acceptors (Lipinski definition) is 7. The van der Waals surface area contributed by atoms with Crippen LogP contribution in [-0.4, -0.2) is 27.8 Å². The normalized spacial score (nSPS) is 10.7. The molecule has 2 rings (SSSR count). The molecule has 2 N–H and O–H groups in total. The summed E-state index contributed by atoms with van der Waals surface area (Å²) in [5, 5.41) is 24.9. The Morgan fingerprint density at radius 3 is 2.91 bits per heavy atom. The number of aromatic hydroxyl groups is 1. The van der Waals surface area contributed by atoms with Crippen molar-refractivity contribution < 1.29 is 14.8 Å². The quantitative estimate of drug-likeness (QED) is 0.482. The van der Waals surface area contributed by atoms with E-state index in [1.807, 2.05) is 6.92 Å². The summed E-state index contributed by atoms with van der Waals surface area (Å²) in [4.78, 5) is 14.5. The van der Waals surface area contributed by atoms with Crippen LogP contribution in [0.15, 0.2) is 35.4 Å². The maximum Gasteiger partial charge on any atom is 0.313 e. The maximum absolute atomic E-state index is 11.0. The standard InChI is InChI=1S/C15H16N4O4/c1-3-23-13-6-4-5-11(14(13)20)9-16-18-15-12(19(21)22)8-7-10(2)17-15/h4-9,20H,3H2,1-2H3,(H,17,18)/b16-9-. The van der Waals surface area contributed by atoms with E-state index in [-0.39, 0.29) is 17.3 Å². The number of pyridine rings is 1. The first-order chi connectivity index (χ1) is 11.0. The number of aromatic nitrogens is 1. The Balaban J connectivity index is 2.21. The molecule has 0 amide bonds. The number of para-hydroxylation sites is 1. The highest BCUT2D eigenvalue weighted by molar-refractivity contribution is 5.85. The number of nitro groups is 1. The van der Waals surface area contributed by atoms with E-state index in [9.17, 15) is 15.2 Å². The minimum absolute atomic E-state index is 0.0340. The number of phenolic OH excluding ortho intramolecular Hbond substituents is 1. The van der Waals surface area contributed by atoms with Gasteiger partial charge in [-0.3, -0.25) is 15.5 Å². The number of phenols is 1. The molecular formula is C15H16N4O4. The summed E-state index contributed by atoms with van der Waals surface area (Å²) in [6.45, 7) is 3.95. The monoisotopic (exact) mass is 316 g/mol. The number of ether oxygens (including phenoxy) is 1. The number of benzene rings is 1. The molecule has 8 nitrogen and oxygen atoms in total. The third kappa shape index (κ3) is 3.94. The zero-order valence-corrected chi connectivity index (χ0v) is 12.7. The Kier molecular flexibility index (Phi) is 5.08. The lowest BCUT2D eigenvalue weighted by molar-refractivity contribution is -0.384. The van der Waals surface area contributed by atoms with Crippen LogP contribution in [-0.2, 0) is 0 Å². The van der Waals surface area contributed by atoms with Gasteiger partial charge in [-0.15, -0.1) is 0 Å². The van der Waals surface area contributed by atoms with E-state index in [0.717, 1.165) is 0 Å². The van der Waals surface area contributed by atoms with Crippen LogP contribution in [0.4, 0.5) is 11.5 Å². The van der Waals surface area contributed by atoms with Gasteiger partial charge in [-0.1, -0.05) is 6.07 Å². The first-order valence-corrected chi connectivity index (χ1v) is 6.88. The zero-order chi connectivity index (χ0) is 16.8. The third-order valence-corrected chi connectivity index (χ3v) is 2.91. The van der Waals surface area contributed by atoms with Crippen molar-refractivity contribution in [3.63, 3.8) is 0 Å². The molecule has 0 fully saturated rings. The molecule has 120 valence electrons. The van der Waals surface area contributed by atoms with Crippen molar-refractivity contribution in [3.8, 4) is 11.5 Å². The van der Waals surface area contributed by atoms with Crippen LogP contribution in [0.3, 0.4) is 0 Å². The molecule has 0 unspecified atom stereocenters. The van der Waals surface area contributed by atoms with Crippen molar-refractivity contribution in [2.75, 3.05) is 12.0 Å². The molecule has 0 aliphatic rings. The molecular weight excluding hydrogens is 300 g/mol. The van der Waals surface area contributed by atoms with Crippen molar-refractivity contribution in [2.45, 2.75) is 13.8 Å². The number of anilines is 1. The number of aryl methyl sites for hydroxylation is 1. The predicted molar refractivity (Wildman–Crippen MR) is 86.1 cm³/mol. The fourth-order valence-electron chi connectivity index (χ4n) is 1.86. The third-order valence-electron chi connectivity index (χ3n) is 2.91. The average Bonchev–Trinajstić information content (AvgIpc) is 2.51. The van der Waals surface area contributed by atoms with Gasteiger partial charge < -0.3 is 9.84 Å². The molecule has 23 heavy (non-hydrogen) atoms. The predicted octanol–water partition coefficient (Wildman–Crippen LogP) is 2.85. The Morgan fingerprint density at radius 1 is 1.43 bits per heavy atom. The molecule has 1 heterocycles. The number of nitrogens with zero attached hydrogens (tertiary/aromatic N) is 3. The summed E-state index contributed by atoms with van der Waals surface area (Å²) in [7, 11) is 0. The molecule has 2 aromatic rings. The molecule has 0 saturated heterocycles. The Bertz CT molecular complexity index is 746. The fourth-order valence-corrected chi connectivity index (χ4v) is 1.86. The molecule has 0 atom stereocenters. The fraction of sp³-hybridized carbons (Fsp3) is 0.200. The second kappa shape index (κ2) is 7.21. The van der Waals surface area contributed by atoms with Crippen LogP contribution in [0.2, 0.25) is 0 Å². The van der Waals surface area contributed by atoms with Crippen LogP contribution in [0, 0.1) is 17.0 Å². The second-order valence-corrected chi connectivity index (χ2v) is 4.57. The van der Waals surface area contributed by atoms with Gasteiger partial charge in [0.25, 0.3) is 0 Å². The SMILES string of the molecule is CCOc1cccc(/C=N\Nc2nc(C)ccc2[N+](=O)[O-])c1O. The summed E-state index contributed by atoms with van der Waals surface area (Å²) in [6, 6.07) is 7.88.